The van der Waals surface area contributed by atoms with Gasteiger partial charge in [0, 0.05) is 18.7 Å². The molecule has 0 aliphatic heterocycles. The first-order valence-electron chi connectivity index (χ1n) is 5.48. The molecule has 0 heterocycles. The number of hydrogen-bond acceptors (Lipinski definition) is 4. The molecule has 1 atom stereocenters. The molecule has 0 aromatic heterocycles. The topological polar surface area (TPSA) is 61.7 Å². The zero-order valence-corrected chi connectivity index (χ0v) is 9.52. The van der Waals surface area contributed by atoms with Crippen molar-refractivity contribution in [2.24, 2.45) is 0 Å². The maximum Gasteiger partial charge on any atom is 0.123 e. The molecule has 3 N–H and O–H groups in total. The molecule has 0 aliphatic rings. The highest BCUT2D eigenvalue weighted by atomic mass is 16.5. The van der Waals surface area contributed by atoms with Crippen molar-refractivity contribution in [1.82, 2.24) is 5.32 Å². The van der Waals surface area contributed by atoms with Gasteiger partial charge in [0.2, 0.25) is 0 Å². The Morgan fingerprint density at radius 3 is 2.81 bits per heavy atom. The summed E-state index contributed by atoms with van der Waals surface area (Å²) < 4.78 is 5.47. The zero-order valence-electron chi connectivity index (χ0n) is 9.52. The summed E-state index contributed by atoms with van der Waals surface area (Å²) in [5.41, 5.74) is 1.05. The van der Waals surface area contributed by atoms with E-state index in [9.17, 15) is 0 Å². The van der Waals surface area contributed by atoms with Gasteiger partial charge >= 0.3 is 0 Å². The molecule has 1 unspecified atom stereocenters. The third kappa shape index (κ3) is 4.18. The lowest BCUT2D eigenvalue weighted by molar-refractivity contribution is 0.0941. The summed E-state index contributed by atoms with van der Waals surface area (Å²) in [7, 11) is 0. The van der Waals surface area contributed by atoms with Crippen LogP contribution in [0.5, 0.6) is 5.75 Å². The summed E-state index contributed by atoms with van der Waals surface area (Å²) in [5.74, 6) is 0.857. The molecule has 1 aromatic rings. The Bertz CT molecular complexity index is 304. The molecule has 1 aromatic carbocycles. The first-order chi connectivity index (χ1) is 7.77. The number of hydrogen-bond donors (Lipinski definition) is 3. The van der Waals surface area contributed by atoms with Crippen molar-refractivity contribution < 1.29 is 14.9 Å². The van der Waals surface area contributed by atoms with E-state index in [4.69, 9.17) is 14.9 Å². The van der Waals surface area contributed by atoms with E-state index in [-0.39, 0.29) is 6.61 Å². The van der Waals surface area contributed by atoms with E-state index in [0.29, 0.717) is 19.7 Å². The molecule has 4 heteroatoms. The molecule has 4 nitrogen and oxygen atoms in total. The van der Waals surface area contributed by atoms with Crippen molar-refractivity contribution in [3.05, 3.63) is 29.8 Å². The van der Waals surface area contributed by atoms with Crippen LogP contribution in [-0.4, -0.2) is 36.1 Å². The van der Waals surface area contributed by atoms with Crippen LogP contribution in [0.1, 0.15) is 12.5 Å². The van der Waals surface area contributed by atoms with Crippen LogP contribution in [0.3, 0.4) is 0 Å². The Morgan fingerprint density at radius 1 is 1.38 bits per heavy atom. The van der Waals surface area contributed by atoms with E-state index >= 15 is 0 Å². The molecule has 0 spiro atoms. The second kappa shape index (κ2) is 7.22. The number of aliphatic hydroxyl groups excluding tert-OH is 2. The molecule has 0 saturated heterocycles. The number of para-hydroxylation sites is 1. The fourth-order valence-electron chi connectivity index (χ4n) is 1.38. The van der Waals surface area contributed by atoms with Gasteiger partial charge in [-0.2, -0.15) is 0 Å². The van der Waals surface area contributed by atoms with Crippen molar-refractivity contribution in [1.29, 1.82) is 0 Å². The summed E-state index contributed by atoms with van der Waals surface area (Å²) in [6, 6.07) is 7.77. The Morgan fingerprint density at radius 2 is 2.12 bits per heavy atom. The Labute approximate surface area is 95.9 Å². The van der Waals surface area contributed by atoms with E-state index in [1.165, 1.54) is 0 Å². The van der Waals surface area contributed by atoms with Gasteiger partial charge in [-0.15, -0.1) is 0 Å². The van der Waals surface area contributed by atoms with Gasteiger partial charge in [-0.25, -0.2) is 0 Å². The van der Waals surface area contributed by atoms with Gasteiger partial charge in [-0.05, 0) is 13.0 Å². The highest BCUT2D eigenvalue weighted by Crippen LogP contribution is 2.17. The van der Waals surface area contributed by atoms with Crippen molar-refractivity contribution in [2.45, 2.75) is 19.6 Å². The Balaban J connectivity index is 2.46. The first-order valence-corrected chi connectivity index (χ1v) is 5.48. The monoisotopic (exact) mass is 225 g/mol. The van der Waals surface area contributed by atoms with Crippen LogP contribution < -0.4 is 10.1 Å². The fourth-order valence-corrected chi connectivity index (χ4v) is 1.38. The van der Waals surface area contributed by atoms with E-state index < -0.39 is 6.10 Å². The molecule has 0 amide bonds. The van der Waals surface area contributed by atoms with Crippen LogP contribution >= 0.6 is 0 Å². The van der Waals surface area contributed by atoms with Crippen molar-refractivity contribution in [3.63, 3.8) is 0 Å². The summed E-state index contributed by atoms with van der Waals surface area (Å²) in [6.45, 7) is 3.35. The van der Waals surface area contributed by atoms with Gasteiger partial charge in [0.05, 0.1) is 19.3 Å². The lowest BCUT2D eigenvalue weighted by Crippen LogP contribution is -2.29. The molecule has 0 radical (unpaired) electrons. The van der Waals surface area contributed by atoms with Gasteiger partial charge in [-0.1, -0.05) is 18.2 Å². The predicted octanol–water partition coefficient (Wildman–Crippen LogP) is 0.528. The average Bonchev–Trinajstić information content (AvgIpc) is 2.31. The van der Waals surface area contributed by atoms with Crippen LogP contribution in [0.25, 0.3) is 0 Å². The van der Waals surface area contributed by atoms with E-state index in [1.54, 1.807) is 0 Å². The van der Waals surface area contributed by atoms with Gasteiger partial charge in [0.15, 0.2) is 0 Å². The molecule has 0 aliphatic carbocycles. The highest BCUT2D eigenvalue weighted by Gasteiger charge is 2.04. The number of ether oxygens (including phenoxy) is 1. The highest BCUT2D eigenvalue weighted by molar-refractivity contribution is 5.33. The van der Waals surface area contributed by atoms with E-state index in [0.717, 1.165) is 11.3 Å². The third-order valence-corrected chi connectivity index (χ3v) is 2.18. The number of rotatable bonds is 7. The summed E-state index contributed by atoms with van der Waals surface area (Å²) in [4.78, 5) is 0. The van der Waals surface area contributed by atoms with Gasteiger partial charge in [-0.3, -0.25) is 0 Å². The van der Waals surface area contributed by atoms with Crippen LogP contribution in [0.2, 0.25) is 0 Å². The molecular weight excluding hydrogens is 206 g/mol. The normalized spacial score (nSPS) is 12.4. The smallest absolute Gasteiger partial charge is 0.123 e. The van der Waals surface area contributed by atoms with Crippen LogP contribution in [0.4, 0.5) is 0 Å². The van der Waals surface area contributed by atoms with Crippen LogP contribution in [-0.2, 0) is 6.54 Å². The number of aliphatic hydroxyl groups is 2. The maximum atomic E-state index is 9.16. The largest absolute Gasteiger partial charge is 0.494 e. The van der Waals surface area contributed by atoms with Gasteiger partial charge in [0.1, 0.15) is 5.75 Å². The van der Waals surface area contributed by atoms with E-state index in [2.05, 4.69) is 5.32 Å². The Kier molecular flexibility index (Phi) is 5.85. The number of nitrogens with one attached hydrogen (secondary N) is 1. The van der Waals surface area contributed by atoms with Crippen LogP contribution in [0.15, 0.2) is 24.3 Å². The Hall–Kier alpha value is -1.10. The van der Waals surface area contributed by atoms with Gasteiger partial charge in [0.25, 0.3) is 0 Å². The van der Waals surface area contributed by atoms with Crippen molar-refractivity contribution in [2.75, 3.05) is 19.8 Å². The summed E-state index contributed by atoms with van der Waals surface area (Å²) >= 11 is 0. The lowest BCUT2D eigenvalue weighted by Gasteiger charge is -2.12. The molecule has 0 bridgehead atoms. The van der Waals surface area contributed by atoms with Crippen molar-refractivity contribution >= 4 is 0 Å². The maximum absolute atomic E-state index is 9.16. The van der Waals surface area contributed by atoms with E-state index in [1.807, 2.05) is 31.2 Å². The fraction of sp³-hybridized carbons (Fsp3) is 0.500. The van der Waals surface area contributed by atoms with Gasteiger partial charge < -0.3 is 20.3 Å². The zero-order chi connectivity index (χ0) is 11.8. The SMILES string of the molecule is CCOc1ccccc1CNCC(O)CO. The minimum atomic E-state index is -0.709. The second-order valence-corrected chi connectivity index (χ2v) is 3.51. The third-order valence-electron chi connectivity index (χ3n) is 2.18. The molecule has 0 fully saturated rings. The molecule has 16 heavy (non-hydrogen) atoms. The van der Waals surface area contributed by atoms with Crippen LogP contribution in [0, 0.1) is 0 Å². The quantitative estimate of drug-likeness (QED) is 0.633. The average molecular weight is 225 g/mol. The standard InChI is InChI=1S/C12H19NO3/c1-2-16-12-6-4-3-5-10(12)7-13-8-11(15)9-14/h3-6,11,13-15H,2,7-9H2,1H3. The second-order valence-electron chi connectivity index (χ2n) is 3.51. The molecular formula is C12H19NO3. The lowest BCUT2D eigenvalue weighted by atomic mass is 10.2. The minimum Gasteiger partial charge on any atom is -0.494 e. The molecule has 1 rings (SSSR count). The first kappa shape index (κ1) is 13.0. The predicted molar refractivity (Wildman–Crippen MR) is 62.4 cm³/mol. The number of benzene rings is 1. The summed E-state index contributed by atoms with van der Waals surface area (Å²) in [6.07, 6.45) is -0.709. The molecule has 0 saturated carbocycles. The summed E-state index contributed by atoms with van der Waals surface area (Å²) in [5, 5.41) is 20.9. The minimum absolute atomic E-state index is 0.222. The van der Waals surface area contributed by atoms with Crippen molar-refractivity contribution in [3.8, 4) is 5.75 Å². The molecule has 90 valence electrons.